The lowest BCUT2D eigenvalue weighted by molar-refractivity contribution is 0.347. The fourth-order valence-corrected chi connectivity index (χ4v) is 3.06. The number of sulfonamides is 1. The second kappa shape index (κ2) is 11.7. The standard InChI is InChI=1S/C14H32N2O2S/c1-4-6-7-8-9-10-14-19(17,18)15-12-11-13-16(3)5-2/h15H,4-14H2,1-3H3. The molecule has 0 unspecified atom stereocenters. The van der Waals surface area contributed by atoms with E-state index in [-0.39, 0.29) is 5.75 Å². The Morgan fingerprint density at radius 1 is 0.947 bits per heavy atom. The molecule has 116 valence electrons. The monoisotopic (exact) mass is 292 g/mol. The van der Waals surface area contributed by atoms with Gasteiger partial charge in [-0.3, -0.25) is 0 Å². The third-order valence-electron chi connectivity index (χ3n) is 3.35. The van der Waals surface area contributed by atoms with E-state index in [0.29, 0.717) is 6.54 Å². The van der Waals surface area contributed by atoms with Crippen LogP contribution in [0.25, 0.3) is 0 Å². The van der Waals surface area contributed by atoms with Crippen molar-refractivity contribution in [2.75, 3.05) is 32.4 Å². The molecule has 0 saturated carbocycles. The summed E-state index contributed by atoms with van der Waals surface area (Å²) in [6.07, 6.45) is 7.56. The lowest BCUT2D eigenvalue weighted by atomic mass is 10.1. The lowest BCUT2D eigenvalue weighted by Crippen LogP contribution is -2.30. The van der Waals surface area contributed by atoms with Crippen molar-refractivity contribution >= 4 is 10.0 Å². The third-order valence-corrected chi connectivity index (χ3v) is 4.82. The average molecular weight is 292 g/mol. The number of hydrogen-bond acceptors (Lipinski definition) is 3. The van der Waals surface area contributed by atoms with Gasteiger partial charge in [-0.05, 0) is 33.0 Å². The van der Waals surface area contributed by atoms with Crippen molar-refractivity contribution in [3.05, 3.63) is 0 Å². The molecule has 0 bridgehead atoms. The highest BCUT2D eigenvalue weighted by atomic mass is 32.2. The largest absolute Gasteiger partial charge is 0.307 e. The first kappa shape index (κ1) is 18.9. The van der Waals surface area contributed by atoms with Gasteiger partial charge in [0.25, 0.3) is 0 Å². The van der Waals surface area contributed by atoms with E-state index >= 15 is 0 Å². The second-order valence-electron chi connectivity index (χ2n) is 5.23. The smallest absolute Gasteiger partial charge is 0.211 e. The number of rotatable bonds is 13. The van der Waals surface area contributed by atoms with Gasteiger partial charge in [-0.25, -0.2) is 13.1 Å². The van der Waals surface area contributed by atoms with Gasteiger partial charge in [0.2, 0.25) is 10.0 Å². The summed E-state index contributed by atoms with van der Waals surface area (Å²) in [7, 11) is -1.00. The third kappa shape index (κ3) is 12.6. The molecule has 0 atom stereocenters. The van der Waals surface area contributed by atoms with Gasteiger partial charge in [0.15, 0.2) is 0 Å². The van der Waals surface area contributed by atoms with Gasteiger partial charge in [-0.2, -0.15) is 0 Å². The molecule has 0 heterocycles. The van der Waals surface area contributed by atoms with Crippen LogP contribution < -0.4 is 4.72 Å². The molecular formula is C14H32N2O2S. The fraction of sp³-hybridized carbons (Fsp3) is 1.00. The molecule has 1 N–H and O–H groups in total. The molecule has 19 heavy (non-hydrogen) atoms. The first-order valence-corrected chi connectivity index (χ1v) is 9.33. The molecule has 0 amide bonds. The molecule has 4 nitrogen and oxygen atoms in total. The zero-order chi connectivity index (χ0) is 14.6. The molecule has 0 saturated heterocycles. The van der Waals surface area contributed by atoms with Crippen molar-refractivity contribution in [3.8, 4) is 0 Å². The van der Waals surface area contributed by atoms with E-state index in [1.807, 2.05) is 7.05 Å². The van der Waals surface area contributed by atoms with E-state index in [1.165, 1.54) is 19.3 Å². The van der Waals surface area contributed by atoms with E-state index in [2.05, 4.69) is 23.5 Å². The van der Waals surface area contributed by atoms with Crippen LogP contribution in [0, 0.1) is 0 Å². The highest BCUT2D eigenvalue weighted by Crippen LogP contribution is 2.05. The number of nitrogens with zero attached hydrogens (tertiary/aromatic N) is 1. The maximum atomic E-state index is 11.7. The van der Waals surface area contributed by atoms with Crippen molar-refractivity contribution in [2.24, 2.45) is 0 Å². The minimum atomic E-state index is -3.05. The summed E-state index contributed by atoms with van der Waals surface area (Å²) in [4.78, 5) is 2.18. The average Bonchev–Trinajstić information content (AvgIpc) is 2.38. The summed E-state index contributed by atoms with van der Waals surface area (Å²) in [6, 6.07) is 0. The van der Waals surface area contributed by atoms with Crippen molar-refractivity contribution in [1.82, 2.24) is 9.62 Å². The Bertz CT molecular complexity index is 292. The molecule has 5 heteroatoms. The Balaban J connectivity index is 3.53. The summed E-state index contributed by atoms with van der Waals surface area (Å²) in [5.41, 5.74) is 0. The predicted molar refractivity (Wildman–Crippen MR) is 83.0 cm³/mol. The summed E-state index contributed by atoms with van der Waals surface area (Å²) >= 11 is 0. The van der Waals surface area contributed by atoms with E-state index in [4.69, 9.17) is 0 Å². The first-order chi connectivity index (χ1) is 9.02. The van der Waals surface area contributed by atoms with Gasteiger partial charge >= 0.3 is 0 Å². The summed E-state index contributed by atoms with van der Waals surface area (Å²) in [5, 5.41) is 0. The van der Waals surface area contributed by atoms with Crippen LogP contribution in [0.3, 0.4) is 0 Å². The number of nitrogens with one attached hydrogen (secondary N) is 1. The summed E-state index contributed by atoms with van der Waals surface area (Å²) in [6.45, 7) is 6.79. The number of hydrogen-bond donors (Lipinski definition) is 1. The molecule has 0 aliphatic heterocycles. The Kier molecular flexibility index (Phi) is 11.6. The highest BCUT2D eigenvalue weighted by molar-refractivity contribution is 7.89. The van der Waals surface area contributed by atoms with E-state index < -0.39 is 10.0 Å². The Labute approximate surface area is 120 Å². The van der Waals surface area contributed by atoms with Gasteiger partial charge in [0, 0.05) is 6.54 Å². The molecular weight excluding hydrogens is 260 g/mol. The summed E-state index contributed by atoms with van der Waals surface area (Å²) in [5.74, 6) is 0.280. The lowest BCUT2D eigenvalue weighted by Gasteiger charge is -2.13. The Morgan fingerprint density at radius 3 is 2.21 bits per heavy atom. The topological polar surface area (TPSA) is 49.4 Å². The van der Waals surface area contributed by atoms with Gasteiger partial charge < -0.3 is 4.90 Å². The molecule has 0 radical (unpaired) electrons. The van der Waals surface area contributed by atoms with Crippen LogP contribution in [0.4, 0.5) is 0 Å². The van der Waals surface area contributed by atoms with Crippen LogP contribution in [0.5, 0.6) is 0 Å². The van der Waals surface area contributed by atoms with E-state index in [0.717, 1.165) is 38.8 Å². The summed E-state index contributed by atoms with van der Waals surface area (Å²) < 4.78 is 26.1. The SMILES string of the molecule is CCCCCCCCS(=O)(=O)NCCCN(C)CC. The molecule has 0 aliphatic rings. The van der Waals surface area contributed by atoms with Crippen molar-refractivity contribution in [1.29, 1.82) is 0 Å². The van der Waals surface area contributed by atoms with Crippen molar-refractivity contribution in [3.63, 3.8) is 0 Å². The van der Waals surface area contributed by atoms with Gasteiger partial charge in [0.05, 0.1) is 5.75 Å². The van der Waals surface area contributed by atoms with Crippen LogP contribution >= 0.6 is 0 Å². The fourth-order valence-electron chi connectivity index (χ4n) is 1.88. The molecule has 0 aromatic rings. The van der Waals surface area contributed by atoms with E-state index in [1.54, 1.807) is 0 Å². The minimum Gasteiger partial charge on any atom is -0.307 e. The zero-order valence-corrected chi connectivity index (χ0v) is 13.8. The maximum absolute atomic E-state index is 11.7. The molecule has 0 aromatic heterocycles. The molecule has 0 spiro atoms. The predicted octanol–water partition coefficient (Wildman–Crippen LogP) is 2.61. The van der Waals surface area contributed by atoms with Crippen LogP contribution in [0.15, 0.2) is 0 Å². The van der Waals surface area contributed by atoms with Gasteiger partial charge in [-0.15, -0.1) is 0 Å². The van der Waals surface area contributed by atoms with Gasteiger partial charge in [-0.1, -0.05) is 46.0 Å². The highest BCUT2D eigenvalue weighted by Gasteiger charge is 2.08. The van der Waals surface area contributed by atoms with Crippen LogP contribution in [0.1, 0.15) is 58.8 Å². The maximum Gasteiger partial charge on any atom is 0.211 e. The number of unbranched alkanes of at least 4 members (excludes halogenated alkanes) is 5. The normalized spacial score (nSPS) is 12.2. The Morgan fingerprint density at radius 2 is 1.58 bits per heavy atom. The molecule has 0 aliphatic carbocycles. The van der Waals surface area contributed by atoms with Crippen molar-refractivity contribution in [2.45, 2.75) is 58.8 Å². The quantitative estimate of drug-likeness (QED) is 0.531. The zero-order valence-electron chi connectivity index (χ0n) is 13.0. The first-order valence-electron chi connectivity index (χ1n) is 7.67. The van der Waals surface area contributed by atoms with Crippen LogP contribution in [-0.2, 0) is 10.0 Å². The molecule has 0 rings (SSSR count). The van der Waals surface area contributed by atoms with Crippen LogP contribution in [-0.4, -0.2) is 45.8 Å². The van der Waals surface area contributed by atoms with Gasteiger partial charge in [0.1, 0.15) is 0 Å². The van der Waals surface area contributed by atoms with Crippen LogP contribution in [0.2, 0.25) is 0 Å². The molecule has 0 aromatic carbocycles. The molecule has 0 fully saturated rings. The van der Waals surface area contributed by atoms with Crippen molar-refractivity contribution < 1.29 is 8.42 Å². The Hall–Kier alpha value is -0.130. The minimum absolute atomic E-state index is 0.280. The second-order valence-corrected chi connectivity index (χ2v) is 7.16. The van der Waals surface area contributed by atoms with E-state index in [9.17, 15) is 8.42 Å².